The van der Waals surface area contributed by atoms with Crippen molar-refractivity contribution in [2.24, 2.45) is 7.05 Å². The number of hydrogen-bond donors (Lipinski definition) is 1. The second kappa shape index (κ2) is 7.00. The topological polar surface area (TPSA) is 72.7 Å². The second-order valence-corrected chi connectivity index (χ2v) is 6.85. The summed E-state index contributed by atoms with van der Waals surface area (Å²) in [5, 5.41) is 8.44. The standard InChI is InChI=1S/C17H19N5OS/c1-11(2)21-16(23)14(12-7-5-4-6-8-12)24-17-13-9-20-22(3)15(13)18-10-19-17/h4-11,14H,1-3H3,(H,21,23)/t14-/m1/s1. The number of nitrogens with zero attached hydrogens (tertiary/aromatic N) is 4. The Balaban J connectivity index is 1.98. The van der Waals surface area contributed by atoms with Gasteiger partial charge in [-0.25, -0.2) is 9.97 Å². The molecule has 0 unspecified atom stereocenters. The number of aromatic nitrogens is 4. The fourth-order valence-corrected chi connectivity index (χ4v) is 3.48. The van der Waals surface area contributed by atoms with Crippen molar-refractivity contribution in [1.82, 2.24) is 25.1 Å². The lowest BCUT2D eigenvalue weighted by atomic mass is 10.1. The molecule has 1 aromatic carbocycles. The molecule has 2 aromatic heterocycles. The van der Waals surface area contributed by atoms with E-state index in [-0.39, 0.29) is 17.2 Å². The molecule has 6 nitrogen and oxygen atoms in total. The third kappa shape index (κ3) is 3.41. The molecule has 2 heterocycles. The van der Waals surface area contributed by atoms with Gasteiger partial charge in [0.1, 0.15) is 16.6 Å². The summed E-state index contributed by atoms with van der Waals surface area (Å²) < 4.78 is 1.70. The summed E-state index contributed by atoms with van der Waals surface area (Å²) in [7, 11) is 1.84. The Labute approximate surface area is 144 Å². The highest BCUT2D eigenvalue weighted by Gasteiger charge is 2.24. The van der Waals surface area contributed by atoms with Gasteiger partial charge >= 0.3 is 0 Å². The van der Waals surface area contributed by atoms with E-state index in [1.807, 2.05) is 51.2 Å². The first-order chi connectivity index (χ1) is 11.6. The lowest BCUT2D eigenvalue weighted by molar-refractivity contribution is -0.121. The molecule has 1 amide bonds. The normalized spacial score (nSPS) is 12.5. The van der Waals surface area contributed by atoms with E-state index in [4.69, 9.17) is 0 Å². The van der Waals surface area contributed by atoms with Crippen LogP contribution < -0.4 is 5.32 Å². The Morgan fingerprint density at radius 2 is 1.96 bits per heavy atom. The van der Waals surface area contributed by atoms with Crippen LogP contribution in [-0.2, 0) is 11.8 Å². The van der Waals surface area contributed by atoms with Crippen LogP contribution >= 0.6 is 11.8 Å². The Kier molecular flexibility index (Phi) is 4.80. The highest BCUT2D eigenvalue weighted by Crippen LogP contribution is 2.37. The zero-order valence-corrected chi connectivity index (χ0v) is 14.6. The van der Waals surface area contributed by atoms with Gasteiger partial charge in [-0.05, 0) is 19.4 Å². The monoisotopic (exact) mass is 341 g/mol. The van der Waals surface area contributed by atoms with Gasteiger partial charge in [0.2, 0.25) is 5.91 Å². The van der Waals surface area contributed by atoms with Crippen LogP contribution in [0.1, 0.15) is 24.7 Å². The van der Waals surface area contributed by atoms with Crippen LogP contribution in [0.2, 0.25) is 0 Å². The van der Waals surface area contributed by atoms with Crippen LogP contribution in [0.5, 0.6) is 0 Å². The third-order valence-electron chi connectivity index (χ3n) is 3.49. The average molecular weight is 341 g/mol. The highest BCUT2D eigenvalue weighted by molar-refractivity contribution is 8.00. The van der Waals surface area contributed by atoms with Gasteiger partial charge in [-0.1, -0.05) is 42.1 Å². The number of rotatable bonds is 5. The summed E-state index contributed by atoms with van der Waals surface area (Å²) in [6.45, 7) is 3.91. The van der Waals surface area contributed by atoms with Crippen LogP contribution in [0, 0.1) is 0 Å². The van der Waals surface area contributed by atoms with Crippen molar-refractivity contribution in [2.75, 3.05) is 0 Å². The fourth-order valence-electron chi connectivity index (χ4n) is 2.41. The minimum absolute atomic E-state index is 0.0307. The molecule has 1 atom stereocenters. The number of carbonyl (C=O) groups excluding carboxylic acids is 1. The van der Waals surface area contributed by atoms with Gasteiger partial charge in [0.25, 0.3) is 0 Å². The molecule has 0 aliphatic carbocycles. The van der Waals surface area contributed by atoms with E-state index < -0.39 is 0 Å². The van der Waals surface area contributed by atoms with Gasteiger partial charge in [-0.15, -0.1) is 0 Å². The number of thioether (sulfide) groups is 1. The molecular formula is C17H19N5OS. The molecule has 0 fully saturated rings. The maximum Gasteiger partial charge on any atom is 0.238 e. The quantitative estimate of drug-likeness (QED) is 0.571. The van der Waals surface area contributed by atoms with E-state index in [9.17, 15) is 4.79 Å². The summed E-state index contributed by atoms with van der Waals surface area (Å²) in [5.74, 6) is -0.0307. The first-order valence-electron chi connectivity index (χ1n) is 7.71. The maximum absolute atomic E-state index is 12.7. The van der Waals surface area contributed by atoms with E-state index in [0.717, 1.165) is 21.6 Å². The number of benzene rings is 1. The minimum atomic E-state index is -0.382. The number of carbonyl (C=O) groups is 1. The third-order valence-corrected chi connectivity index (χ3v) is 4.76. The first-order valence-corrected chi connectivity index (χ1v) is 8.59. The van der Waals surface area contributed by atoms with Crippen LogP contribution in [0.15, 0.2) is 47.9 Å². The lowest BCUT2D eigenvalue weighted by Gasteiger charge is -2.18. The van der Waals surface area contributed by atoms with Crippen molar-refractivity contribution < 1.29 is 4.79 Å². The molecule has 0 aliphatic rings. The summed E-state index contributed by atoms with van der Waals surface area (Å²) >= 11 is 1.42. The molecule has 0 saturated heterocycles. The number of aryl methyl sites for hydroxylation is 1. The van der Waals surface area contributed by atoms with Gasteiger partial charge in [-0.2, -0.15) is 5.10 Å². The number of nitrogens with one attached hydrogen (secondary N) is 1. The Morgan fingerprint density at radius 1 is 1.21 bits per heavy atom. The van der Waals surface area contributed by atoms with E-state index in [1.54, 1.807) is 10.9 Å². The molecule has 124 valence electrons. The van der Waals surface area contributed by atoms with Crippen molar-refractivity contribution in [3.05, 3.63) is 48.4 Å². The number of amides is 1. The molecule has 0 aliphatic heterocycles. The van der Waals surface area contributed by atoms with Crippen LogP contribution in [0.25, 0.3) is 11.0 Å². The van der Waals surface area contributed by atoms with Gasteiger partial charge in [0.15, 0.2) is 5.65 Å². The van der Waals surface area contributed by atoms with Crippen molar-refractivity contribution in [3.63, 3.8) is 0 Å². The first kappa shape index (κ1) is 16.4. The highest BCUT2D eigenvalue weighted by atomic mass is 32.2. The lowest BCUT2D eigenvalue weighted by Crippen LogP contribution is -2.33. The van der Waals surface area contributed by atoms with Crippen LogP contribution in [0.3, 0.4) is 0 Å². The Bertz CT molecular complexity index is 847. The predicted octanol–water partition coefficient (Wildman–Crippen LogP) is 2.72. The van der Waals surface area contributed by atoms with E-state index in [2.05, 4.69) is 20.4 Å². The molecule has 3 rings (SSSR count). The molecule has 0 radical (unpaired) electrons. The Hall–Kier alpha value is -2.41. The van der Waals surface area contributed by atoms with E-state index >= 15 is 0 Å². The van der Waals surface area contributed by atoms with Crippen molar-refractivity contribution in [2.45, 2.75) is 30.2 Å². The molecule has 3 aromatic rings. The van der Waals surface area contributed by atoms with Crippen LogP contribution in [-0.4, -0.2) is 31.7 Å². The largest absolute Gasteiger partial charge is 0.353 e. The molecule has 0 spiro atoms. The Morgan fingerprint density at radius 3 is 2.67 bits per heavy atom. The summed E-state index contributed by atoms with van der Waals surface area (Å²) in [6, 6.07) is 9.80. The van der Waals surface area contributed by atoms with Crippen molar-refractivity contribution in [1.29, 1.82) is 0 Å². The molecular weight excluding hydrogens is 322 g/mol. The molecule has 0 bridgehead atoms. The second-order valence-electron chi connectivity index (χ2n) is 5.76. The molecule has 0 saturated carbocycles. The molecule has 7 heteroatoms. The number of fused-ring (bicyclic) bond motifs is 1. The van der Waals surface area contributed by atoms with Crippen molar-refractivity contribution in [3.8, 4) is 0 Å². The van der Waals surface area contributed by atoms with Gasteiger partial charge < -0.3 is 5.32 Å². The average Bonchev–Trinajstić information content (AvgIpc) is 2.95. The zero-order valence-electron chi connectivity index (χ0n) is 13.8. The fraction of sp³-hybridized carbons (Fsp3) is 0.294. The molecule has 1 N–H and O–H groups in total. The SMILES string of the molecule is CC(C)NC(=O)[C@H](Sc1ncnc2c1cnn2C)c1ccccc1. The minimum Gasteiger partial charge on any atom is -0.353 e. The van der Waals surface area contributed by atoms with Gasteiger partial charge in [0.05, 0.1) is 11.6 Å². The molecule has 24 heavy (non-hydrogen) atoms. The predicted molar refractivity (Wildman–Crippen MR) is 94.6 cm³/mol. The van der Waals surface area contributed by atoms with Crippen LogP contribution in [0.4, 0.5) is 0 Å². The van der Waals surface area contributed by atoms with Gasteiger partial charge in [-0.3, -0.25) is 9.48 Å². The van der Waals surface area contributed by atoms with Crippen molar-refractivity contribution >= 4 is 28.7 Å². The summed E-state index contributed by atoms with van der Waals surface area (Å²) in [5.41, 5.74) is 1.69. The number of hydrogen-bond acceptors (Lipinski definition) is 5. The van der Waals surface area contributed by atoms with E-state index in [1.165, 1.54) is 18.1 Å². The van der Waals surface area contributed by atoms with E-state index in [0.29, 0.717) is 0 Å². The summed E-state index contributed by atoms with van der Waals surface area (Å²) in [4.78, 5) is 21.3. The zero-order chi connectivity index (χ0) is 17.1. The van der Waals surface area contributed by atoms with Gasteiger partial charge in [0, 0.05) is 13.1 Å². The summed E-state index contributed by atoms with van der Waals surface area (Å²) in [6.07, 6.45) is 3.24. The maximum atomic E-state index is 12.7. The smallest absolute Gasteiger partial charge is 0.238 e.